The van der Waals surface area contributed by atoms with Gasteiger partial charge in [-0.3, -0.25) is 10.1 Å². The first-order valence-electron chi connectivity index (χ1n) is 5.57. The Morgan fingerprint density at radius 2 is 2.38 bits per heavy atom. The van der Waals surface area contributed by atoms with Gasteiger partial charge in [-0.25, -0.2) is 0 Å². The molecule has 0 aromatic carbocycles. The van der Waals surface area contributed by atoms with E-state index < -0.39 is 0 Å². The van der Waals surface area contributed by atoms with E-state index in [2.05, 4.69) is 10.6 Å². The summed E-state index contributed by atoms with van der Waals surface area (Å²) in [7, 11) is 0. The van der Waals surface area contributed by atoms with Gasteiger partial charge in [0.05, 0.1) is 12.1 Å². The van der Waals surface area contributed by atoms with Crippen LogP contribution in [-0.2, 0) is 9.53 Å². The Kier molecular flexibility index (Phi) is 6.49. The molecule has 2 N–H and O–H groups in total. The summed E-state index contributed by atoms with van der Waals surface area (Å²) in [4.78, 5) is 11.6. The first-order chi connectivity index (χ1) is 7.36. The molecule has 0 aromatic rings. The second-order valence-corrected chi connectivity index (χ2v) is 5.04. The average Bonchev–Trinajstić information content (AvgIpc) is 2.81. The molecule has 0 aliphatic carbocycles. The normalized spacial score (nSPS) is 29.5. The molecule has 2 fully saturated rings. The largest absolute Gasteiger partial charge is 0.376 e. The molecule has 6 heteroatoms. The van der Waals surface area contributed by atoms with Crippen LogP contribution in [0.5, 0.6) is 0 Å². The molecular weight excluding hydrogens is 248 g/mol. The van der Waals surface area contributed by atoms with Gasteiger partial charge in [-0.05, 0) is 19.3 Å². The van der Waals surface area contributed by atoms with E-state index in [0.717, 1.165) is 31.1 Å². The third-order valence-electron chi connectivity index (χ3n) is 2.81. The fourth-order valence-corrected chi connectivity index (χ4v) is 2.81. The molecule has 0 saturated carbocycles. The lowest BCUT2D eigenvalue weighted by Crippen LogP contribution is -2.45. The van der Waals surface area contributed by atoms with Crippen molar-refractivity contribution in [3.63, 3.8) is 0 Å². The summed E-state index contributed by atoms with van der Waals surface area (Å²) in [6, 6.07) is -0.00131. The predicted molar refractivity (Wildman–Crippen MR) is 68.1 cm³/mol. The lowest BCUT2D eigenvalue weighted by atomic mass is 10.1. The van der Waals surface area contributed by atoms with E-state index in [9.17, 15) is 4.79 Å². The molecule has 2 aliphatic rings. The van der Waals surface area contributed by atoms with E-state index in [4.69, 9.17) is 4.74 Å². The summed E-state index contributed by atoms with van der Waals surface area (Å²) in [6.45, 7) is 1.51. The molecule has 2 rings (SSSR count). The zero-order valence-electron chi connectivity index (χ0n) is 9.24. The van der Waals surface area contributed by atoms with Gasteiger partial charge >= 0.3 is 0 Å². The number of amides is 1. The molecule has 2 atom stereocenters. The van der Waals surface area contributed by atoms with Crippen LogP contribution in [0.4, 0.5) is 0 Å². The van der Waals surface area contributed by atoms with Gasteiger partial charge in [-0.1, -0.05) is 0 Å². The van der Waals surface area contributed by atoms with Crippen molar-refractivity contribution >= 4 is 30.1 Å². The second kappa shape index (κ2) is 7.37. The van der Waals surface area contributed by atoms with E-state index in [-0.39, 0.29) is 30.5 Å². The number of halogens is 1. The standard InChI is InChI=1S/C10H18N2O2S.ClH/c13-10(9-6-15-7-12-9)11-5-8-3-1-2-4-14-8;/h8-9,12H,1-7H2,(H,11,13);1H/t8?,9-;/m1./s1. The third kappa shape index (κ3) is 4.13. The maximum atomic E-state index is 11.6. The maximum Gasteiger partial charge on any atom is 0.238 e. The van der Waals surface area contributed by atoms with E-state index in [1.807, 2.05) is 0 Å². The van der Waals surface area contributed by atoms with E-state index in [1.165, 1.54) is 6.42 Å². The minimum absolute atomic E-state index is 0. The molecule has 2 saturated heterocycles. The Bertz CT molecular complexity index is 219. The summed E-state index contributed by atoms with van der Waals surface area (Å²) >= 11 is 1.77. The summed E-state index contributed by atoms with van der Waals surface area (Å²) in [5.74, 6) is 1.89. The molecule has 0 bridgehead atoms. The molecular formula is C10H19ClN2O2S. The van der Waals surface area contributed by atoms with E-state index >= 15 is 0 Å². The average molecular weight is 267 g/mol. The molecule has 16 heavy (non-hydrogen) atoms. The number of nitrogens with one attached hydrogen (secondary N) is 2. The number of hydrogen-bond acceptors (Lipinski definition) is 4. The number of ether oxygens (including phenoxy) is 1. The van der Waals surface area contributed by atoms with Gasteiger partial charge in [0.1, 0.15) is 0 Å². The molecule has 1 unspecified atom stereocenters. The third-order valence-corrected chi connectivity index (χ3v) is 3.75. The highest BCUT2D eigenvalue weighted by Gasteiger charge is 2.23. The van der Waals surface area contributed by atoms with Gasteiger partial charge < -0.3 is 10.1 Å². The highest BCUT2D eigenvalue weighted by Crippen LogP contribution is 2.12. The van der Waals surface area contributed by atoms with Crippen LogP contribution < -0.4 is 10.6 Å². The highest BCUT2D eigenvalue weighted by molar-refractivity contribution is 7.99. The van der Waals surface area contributed by atoms with E-state index in [1.54, 1.807) is 11.8 Å². The van der Waals surface area contributed by atoms with Crippen molar-refractivity contribution in [3.05, 3.63) is 0 Å². The summed E-state index contributed by atoms with van der Waals surface area (Å²) in [5.41, 5.74) is 0. The van der Waals surface area contributed by atoms with Gasteiger partial charge in [0.2, 0.25) is 5.91 Å². The maximum absolute atomic E-state index is 11.6. The number of carbonyl (C=O) groups excluding carboxylic acids is 1. The summed E-state index contributed by atoms with van der Waals surface area (Å²) in [5, 5.41) is 6.11. The molecule has 1 amide bonds. The smallest absolute Gasteiger partial charge is 0.238 e. The zero-order chi connectivity index (χ0) is 10.5. The summed E-state index contributed by atoms with van der Waals surface area (Å²) in [6.07, 6.45) is 3.69. The van der Waals surface area contributed by atoms with Crippen LogP contribution >= 0.6 is 24.2 Å². The Labute approximate surface area is 107 Å². The van der Waals surface area contributed by atoms with Gasteiger partial charge in [0.15, 0.2) is 0 Å². The van der Waals surface area contributed by atoms with Crippen LogP contribution in [0.25, 0.3) is 0 Å². The van der Waals surface area contributed by atoms with Gasteiger partial charge in [0, 0.05) is 24.8 Å². The van der Waals surface area contributed by atoms with Crippen LogP contribution in [-0.4, -0.2) is 42.8 Å². The lowest BCUT2D eigenvalue weighted by Gasteiger charge is -2.23. The van der Waals surface area contributed by atoms with Crippen LogP contribution in [0.2, 0.25) is 0 Å². The van der Waals surface area contributed by atoms with Crippen LogP contribution in [0.1, 0.15) is 19.3 Å². The second-order valence-electron chi connectivity index (χ2n) is 4.01. The molecule has 0 aromatic heterocycles. The minimum atomic E-state index is -0.00131. The van der Waals surface area contributed by atoms with Gasteiger partial charge in [-0.2, -0.15) is 0 Å². The van der Waals surface area contributed by atoms with Crippen molar-refractivity contribution < 1.29 is 9.53 Å². The number of hydrogen-bond donors (Lipinski definition) is 2. The zero-order valence-corrected chi connectivity index (χ0v) is 10.9. The van der Waals surface area contributed by atoms with Crippen LogP contribution in [0.3, 0.4) is 0 Å². The monoisotopic (exact) mass is 266 g/mol. The number of carbonyl (C=O) groups is 1. The molecule has 2 heterocycles. The first kappa shape index (κ1) is 14.1. The van der Waals surface area contributed by atoms with Crippen molar-refractivity contribution in [1.82, 2.24) is 10.6 Å². The molecule has 2 aliphatic heterocycles. The quantitative estimate of drug-likeness (QED) is 0.792. The number of thioether (sulfide) groups is 1. The Morgan fingerprint density at radius 1 is 1.50 bits per heavy atom. The fraction of sp³-hybridized carbons (Fsp3) is 0.900. The topological polar surface area (TPSA) is 50.4 Å². The van der Waals surface area contributed by atoms with Crippen molar-refractivity contribution in [1.29, 1.82) is 0 Å². The van der Waals surface area contributed by atoms with Crippen molar-refractivity contribution in [2.75, 3.05) is 24.8 Å². The Morgan fingerprint density at radius 3 is 3.00 bits per heavy atom. The van der Waals surface area contributed by atoms with Crippen molar-refractivity contribution in [2.24, 2.45) is 0 Å². The molecule has 0 radical (unpaired) electrons. The van der Waals surface area contributed by atoms with E-state index in [0.29, 0.717) is 6.54 Å². The van der Waals surface area contributed by atoms with Gasteiger partial charge in [-0.15, -0.1) is 24.2 Å². The summed E-state index contributed by atoms with van der Waals surface area (Å²) < 4.78 is 5.55. The molecule has 94 valence electrons. The predicted octanol–water partition coefficient (Wildman–Crippen LogP) is 0.756. The van der Waals surface area contributed by atoms with Crippen LogP contribution in [0.15, 0.2) is 0 Å². The van der Waals surface area contributed by atoms with Crippen LogP contribution in [0, 0.1) is 0 Å². The fourth-order valence-electron chi connectivity index (χ4n) is 1.87. The van der Waals surface area contributed by atoms with Crippen molar-refractivity contribution in [3.8, 4) is 0 Å². The highest BCUT2D eigenvalue weighted by atomic mass is 35.5. The Balaban J connectivity index is 0.00000128. The lowest BCUT2D eigenvalue weighted by molar-refractivity contribution is -0.123. The SMILES string of the molecule is Cl.O=C(NCC1CCCCO1)[C@H]1CSCN1. The van der Waals surface area contributed by atoms with Crippen molar-refractivity contribution in [2.45, 2.75) is 31.4 Å². The number of rotatable bonds is 3. The van der Waals surface area contributed by atoms with Gasteiger partial charge in [0.25, 0.3) is 0 Å². The molecule has 4 nitrogen and oxygen atoms in total. The molecule has 0 spiro atoms. The minimum Gasteiger partial charge on any atom is -0.376 e. The first-order valence-corrected chi connectivity index (χ1v) is 6.72. The Hall–Kier alpha value is 0.0300.